The molecule has 1 aromatic heterocycles. The predicted octanol–water partition coefficient (Wildman–Crippen LogP) is 2.33. The highest BCUT2D eigenvalue weighted by Crippen LogP contribution is 2.18. The molecule has 2 rings (SSSR count). The van der Waals surface area contributed by atoms with Gasteiger partial charge in [0.2, 0.25) is 5.91 Å². The molecule has 0 spiro atoms. The van der Waals surface area contributed by atoms with E-state index in [2.05, 4.69) is 10.3 Å². The lowest BCUT2D eigenvalue weighted by atomic mass is 10.3. The molecule has 2 N–H and O–H groups in total. The van der Waals surface area contributed by atoms with Crippen molar-refractivity contribution in [2.45, 2.75) is 0 Å². The average molecular weight is 326 g/mol. The van der Waals surface area contributed by atoms with Gasteiger partial charge in [-0.2, -0.15) is 0 Å². The number of rotatable bonds is 6. The zero-order valence-corrected chi connectivity index (χ0v) is 12.4. The molecule has 1 heterocycles. The number of carbonyl (C=O) groups excluding carboxylic acids is 1. The van der Waals surface area contributed by atoms with Crippen LogP contribution in [-0.4, -0.2) is 35.1 Å². The second-order valence-corrected chi connectivity index (χ2v) is 5.44. The van der Waals surface area contributed by atoms with Crippen molar-refractivity contribution in [2.24, 2.45) is 0 Å². The largest absolute Gasteiger partial charge is 0.480 e. The number of nitrogens with one attached hydrogen (secondary N) is 1. The predicted molar refractivity (Wildman–Crippen MR) is 82.0 cm³/mol. The Morgan fingerprint density at radius 2 is 2.00 bits per heavy atom. The Balaban J connectivity index is 2.07. The third-order valence-corrected chi connectivity index (χ3v) is 3.47. The maximum absolute atomic E-state index is 11.9. The van der Waals surface area contributed by atoms with Gasteiger partial charge in [0.15, 0.2) is 5.13 Å². The molecule has 0 fully saturated rings. The van der Waals surface area contributed by atoms with Crippen LogP contribution >= 0.6 is 22.9 Å². The van der Waals surface area contributed by atoms with Gasteiger partial charge in [-0.3, -0.25) is 9.59 Å². The Morgan fingerprint density at radius 1 is 1.29 bits per heavy atom. The Kier molecular flexibility index (Phi) is 5.13. The fourth-order valence-corrected chi connectivity index (χ4v) is 2.34. The Labute approximate surface area is 130 Å². The molecule has 110 valence electrons. The Hall–Kier alpha value is -2.12. The Bertz CT molecular complexity index is 616. The number of nitrogens with zero attached hydrogens (tertiary/aromatic N) is 2. The summed E-state index contributed by atoms with van der Waals surface area (Å²) in [4.78, 5) is 28.3. The number of anilines is 2. The van der Waals surface area contributed by atoms with Crippen LogP contribution in [-0.2, 0) is 9.59 Å². The normalized spacial score (nSPS) is 10.1. The smallest absolute Gasteiger partial charge is 0.323 e. The van der Waals surface area contributed by atoms with E-state index in [0.29, 0.717) is 15.8 Å². The SMILES string of the molecule is O=C(O)CN(CC(=O)Nc1nccs1)c1ccc(Cl)cc1. The highest BCUT2D eigenvalue weighted by molar-refractivity contribution is 7.13. The number of aromatic nitrogens is 1. The van der Waals surface area contributed by atoms with E-state index in [-0.39, 0.29) is 19.0 Å². The van der Waals surface area contributed by atoms with Gasteiger partial charge in [-0.1, -0.05) is 11.6 Å². The van der Waals surface area contributed by atoms with Crippen LogP contribution in [0.5, 0.6) is 0 Å². The first-order chi connectivity index (χ1) is 10.0. The van der Waals surface area contributed by atoms with E-state index in [1.165, 1.54) is 16.2 Å². The molecule has 0 aliphatic carbocycles. The van der Waals surface area contributed by atoms with E-state index in [0.717, 1.165) is 0 Å². The van der Waals surface area contributed by atoms with Crippen LogP contribution < -0.4 is 10.2 Å². The molecule has 1 amide bonds. The molecule has 6 nitrogen and oxygen atoms in total. The van der Waals surface area contributed by atoms with E-state index in [1.54, 1.807) is 35.8 Å². The van der Waals surface area contributed by atoms with Crippen molar-refractivity contribution < 1.29 is 14.7 Å². The van der Waals surface area contributed by atoms with Crippen LogP contribution in [0.4, 0.5) is 10.8 Å². The molecule has 0 aliphatic heterocycles. The zero-order valence-electron chi connectivity index (χ0n) is 10.8. The molecule has 0 saturated heterocycles. The summed E-state index contributed by atoms with van der Waals surface area (Å²) in [5.41, 5.74) is 0.607. The minimum absolute atomic E-state index is 0.0898. The van der Waals surface area contributed by atoms with Crippen molar-refractivity contribution in [3.63, 3.8) is 0 Å². The van der Waals surface area contributed by atoms with Crippen LogP contribution in [0.3, 0.4) is 0 Å². The number of carboxylic acid groups (broad SMARTS) is 1. The van der Waals surface area contributed by atoms with Gasteiger partial charge in [-0.05, 0) is 24.3 Å². The van der Waals surface area contributed by atoms with E-state index < -0.39 is 5.97 Å². The van der Waals surface area contributed by atoms with Gasteiger partial charge in [0.1, 0.15) is 6.54 Å². The summed E-state index contributed by atoms with van der Waals surface area (Å²) in [5, 5.41) is 14.3. The molecule has 1 aromatic carbocycles. The first-order valence-electron chi connectivity index (χ1n) is 5.96. The average Bonchev–Trinajstić information content (AvgIpc) is 2.91. The van der Waals surface area contributed by atoms with Gasteiger partial charge in [-0.25, -0.2) is 4.98 Å². The quantitative estimate of drug-likeness (QED) is 0.851. The molecule has 8 heteroatoms. The number of carboxylic acids is 1. The van der Waals surface area contributed by atoms with Crippen LogP contribution in [0.1, 0.15) is 0 Å². The summed E-state index contributed by atoms with van der Waals surface area (Å²) in [6.07, 6.45) is 1.58. The summed E-state index contributed by atoms with van der Waals surface area (Å²) in [6, 6.07) is 6.62. The molecule has 0 saturated carbocycles. The van der Waals surface area contributed by atoms with Crippen LogP contribution in [0.15, 0.2) is 35.8 Å². The lowest BCUT2D eigenvalue weighted by Gasteiger charge is -2.22. The van der Waals surface area contributed by atoms with Crippen molar-refractivity contribution in [3.8, 4) is 0 Å². The van der Waals surface area contributed by atoms with Crippen molar-refractivity contribution in [2.75, 3.05) is 23.3 Å². The van der Waals surface area contributed by atoms with Crippen molar-refractivity contribution >= 4 is 45.6 Å². The summed E-state index contributed by atoms with van der Waals surface area (Å²) in [5.74, 6) is -1.35. The third kappa shape index (κ3) is 4.73. The Morgan fingerprint density at radius 3 is 2.57 bits per heavy atom. The summed E-state index contributed by atoms with van der Waals surface area (Å²) < 4.78 is 0. The van der Waals surface area contributed by atoms with Gasteiger partial charge in [0.25, 0.3) is 0 Å². The summed E-state index contributed by atoms with van der Waals surface area (Å²) >= 11 is 7.10. The highest BCUT2D eigenvalue weighted by Gasteiger charge is 2.15. The van der Waals surface area contributed by atoms with Crippen molar-refractivity contribution in [1.82, 2.24) is 4.98 Å². The number of carbonyl (C=O) groups is 2. The number of hydrogen-bond acceptors (Lipinski definition) is 5. The number of benzene rings is 1. The first-order valence-corrected chi connectivity index (χ1v) is 7.22. The van der Waals surface area contributed by atoms with Crippen LogP contribution in [0.2, 0.25) is 5.02 Å². The molecule has 0 unspecified atom stereocenters. The molecule has 0 atom stereocenters. The second kappa shape index (κ2) is 7.05. The topological polar surface area (TPSA) is 82.5 Å². The number of aliphatic carboxylic acids is 1. The van der Waals surface area contributed by atoms with E-state index in [9.17, 15) is 9.59 Å². The molecule has 0 aliphatic rings. The van der Waals surface area contributed by atoms with Crippen molar-refractivity contribution in [3.05, 3.63) is 40.9 Å². The minimum Gasteiger partial charge on any atom is -0.480 e. The van der Waals surface area contributed by atoms with Gasteiger partial charge >= 0.3 is 5.97 Å². The minimum atomic E-state index is -1.02. The van der Waals surface area contributed by atoms with Gasteiger partial charge in [-0.15, -0.1) is 11.3 Å². The molecule has 2 aromatic rings. The lowest BCUT2D eigenvalue weighted by molar-refractivity contribution is -0.135. The second-order valence-electron chi connectivity index (χ2n) is 4.11. The third-order valence-electron chi connectivity index (χ3n) is 2.53. The highest BCUT2D eigenvalue weighted by atomic mass is 35.5. The first kappa shape index (κ1) is 15.3. The van der Waals surface area contributed by atoms with Crippen LogP contribution in [0.25, 0.3) is 0 Å². The molecular formula is C13H12ClN3O3S. The maximum Gasteiger partial charge on any atom is 0.323 e. The molecule has 0 radical (unpaired) electrons. The lowest BCUT2D eigenvalue weighted by Crippen LogP contribution is -2.37. The maximum atomic E-state index is 11.9. The van der Waals surface area contributed by atoms with E-state index >= 15 is 0 Å². The fourth-order valence-electron chi connectivity index (χ4n) is 1.67. The monoisotopic (exact) mass is 325 g/mol. The standard InChI is InChI=1S/C13H12ClN3O3S/c14-9-1-3-10(4-2-9)17(8-12(19)20)7-11(18)16-13-15-5-6-21-13/h1-6H,7-8H2,(H,19,20)(H,15,16,18). The van der Waals surface area contributed by atoms with Crippen LogP contribution in [0, 0.1) is 0 Å². The zero-order chi connectivity index (χ0) is 15.2. The summed E-state index contributed by atoms with van der Waals surface area (Å²) in [7, 11) is 0. The number of amides is 1. The summed E-state index contributed by atoms with van der Waals surface area (Å²) in [6.45, 7) is -0.375. The van der Waals surface area contributed by atoms with Gasteiger partial charge in [0, 0.05) is 22.3 Å². The molecule has 21 heavy (non-hydrogen) atoms. The van der Waals surface area contributed by atoms with E-state index in [4.69, 9.17) is 16.7 Å². The number of halogens is 1. The van der Waals surface area contributed by atoms with Gasteiger partial charge in [0.05, 0.1) is 6.54 Å². The van der Waals surface area contributed by atoms with Gasteiger partial charge < -0.3 is 15.3 Å². The molecular weight excluding hydrogens is 314 g/mol. The number of thiazole rings is 1. The fraction of sp³-hybridized carbons (Fsp3) is 0.154. The van der Waals surface area contributed by atoms with Crippen molar-refractivity contribution in [1.29, 1.82) is 0 Å². The molecule has 0 bridgehead atoms. The number of hydrogen-bond donors (Lipinski definition) is 2. The van der Waals surface area contributed by atoms with E-state index in [1.807, 2.05) is 0 Å².